The minimum absolute atomic E-state index is 0.561. The second kappa shape index (κ2) is 5.39. The molecule has 0 fully saturated rings. The molecule has 0 radical (unpaired) electrons. The van der Waals surface area contributed by atoms with Crippen molar-refractivity contribution in [2.45, 2.75) is 13.3 Å². The number of rotatable bonds is 3. The number of carbonyl (C=O) groups is 1. The van der Waals surface area contributed by atoms with Gasteiger partial charge in [-0.2, -0.15) is 0 Å². The lowest BCUT2D eigenvalue weighted by atomic mass is 10.2. The first-order valence-electron chi connectivity index (χ1n) is 4.71. The fourth-order valence-electron chi connectivity index (χ4n) is 1.11. The van der Waals surface area contributed by atoms with Crippen molar-refractivity contribution in [3.05, 3.63) is 24.0 Å². The van der Waals surface area contributed by atoms with Crippen LogP contribution in [0.15, 0.2) is 18.5 Å². The van der Waals surface area contributed by atoms with Crippen molar-refractivity contribution in [1.29, 1.82) is 0 Å². The molecular formula is C10H13F2N3O. The summed E-state index contributed by atoms with van der Waals surface area (Å²) in [5, 5.41) is 2.53. The first-order valence-corrected chi connectivity index (χ1v) is 4.71. The maximum Gasteiger partial charge on any atom is 0.321 e. The van der Waals surface area contributed by atoms with Crippen LogP contribution in [0.2, 0.25) is 0 Å². The molecule has 1 aromatic rings. The van der Waals surface area contributed by atoms with Gasteiger partial charge >= 0.3 is 6.03 Å². The number of hydrogen-bond acceptors (Lipinski definition) is 2. The number of aromatic nitrogens is 1. The molecule has 0 atom stereocenters. The van der Waals surface area contributed by atoms with E-state index < -0.39 is 19.0 Å². The van der Waals surface area contributed by atoms with Gasteiger partial charge in [0, 0.05) is 25.1 Å². The lowest BCUT2D eigenvalue weighted by Gasteiger charge is -2.17. The quantitative estimate of drug-likeness (QED) is 0.862. The van der Waals surface area contributed by atoms with Crippen LogP contribution in [0.3, 0.4) is 0 Å². The molecule has 0 spiro atoms. The molecule has 0 aromatic carbocycles. The first-order chi connectivity index (χ1) is 7.50. The predicted molar refractivity (Wildman–Crippen MR) is 56.6 cm³/mol. The van der Waals surface area contributed by atoms with Crippen molar-refractivity contribution in [2.24, 2.45) is 0 Å². The van der Waals surface area contributed by atoms with Gasteiger partial charge in [-0.05, 0) is 18.6 Å². The summed E-state index contributed by atoms with van der Waals surface area (Å²) in [5.41, 5.74) is 1.35. The Bertz CT molecular complexity index is 371. The van der Waals surface area contributed by atoms with Crippen molar-refractivity contribution >= 4 is 11.7 Å². The molecule has 6 heteroatoms. The van der Waals surface area contributed by atoms with Gasteiger partial charge in [0.05, 0.1) is 6.54 Å². The summed E-state index contributed by atoms with van der Waals surface area (Å²) >= 11 is 0. The zero-order valence-electron chi connectivity index (χ0n) is 9.08. The number of amides is 2. The van der Waals surface area contributed by atoms with Crippen LogP contribution in [0.1, 0.15) is 5.56 Å². The van der Waals surface area contributed by atoms with Gasteiger partial charge in [-0.15, -0.1) is 0 Å². The number of urea groups is 1. The minimum atomic E-state index is -2.53. The highest BCUT2D eigenvalue weighted by atomic mass is 19.3. The molecule has 1 rings (SSSR count). The lowest BCUT2D eigenvalue weighted by Crippen LogP contribution is -2.35. The Morgan fingerprint density at radius 3 is 2.88 bits per heavy atom. The molecule has 2 amide bonds. The summed E-state index contributed by atoms with van der Waals surface area (Å²) in [5.74, 6) is 0. The topological polar surface area (TPSA) is 45.2 Å². The molecule has 16 heavy (non-hydrogen) atoms. The third-order valence-corrected chi connectivity index (χ3v) is 2.02. The summed E-state index contributed by atoms with van der Waals surface area (Å²) in [6.07, 6.45) is 0.577. The third-order valence-electron chi connectivity index (χ3n) is 2.02. The summed E-state index contributed by atoms with van der Waals surface area (Å²) in [7, 11) is 1.32. The summed E-state index contributed by atoms with van der Waals surface area (Å²) in [6.45, 7) is 1.19. The maximum absolute atomic E-state index is 12.0. The number of nitrogens with one attached hydrogen (secondary N) is 1. The zero-order valence-corrected chi connectivity index (χ0v) is 9.08. The van der Waals surface area contributed by atoms with E-state index in [1.165, 1.54) is 13.2 Å². The van der Waals surface area contributed by atoms with Crippen molar-refractivity contribution in [3.63, 3.8) is 0 Å². The predicted octanol–water partition coefficient (Wildman–Crippen LogP) is 2.12. The van der Waals surface area contributed by atoms with Gasteiger partial charge in [0.1, 0.15) is 0 Å². The molecule has 0 saturated carbocycles. The van der Waals surface area contributed by atoms with E-state index >= 15 is 0 Å². The molecule has 0 aliphatic heterocycles. The van der Waals surface area contributed by atoms with Crippen LogP contribution >= 0.6 is 0 Å². The summed E-state index contributed by atoms with van der Waals surface area (Å²) in [4.78, 5) is 16.3. The molecule has 0 aliphatic carbocycles. The number of nitrogens with zero attached hydrogens (tertiary/aromatic N) is 2. The van der Waals surface area contributed by atoms with Crippen molar-refractivity contribution in [1.82, 2.24) is 9.88 Å². The van der Waals surface area contributed by atoms with E-state index in [1.54, 1.807) is 19.2 Å². The van der Waals surface area contributed by atoms with E-state index in [1.807, 2.05) is 0 Å². The average molecular weight is 229 g/mol. The van der Waals surface area contributed by atoms with Crippen LogP contribution in [0.4, 0.5) is 19.3 Å². The van der Waals surface area contributed by atoms with Gasteiger partial charge in [0.25, 0.3) is 6.43 Å². The lowest BCUT2D eigenvalue weighted by molar-refractivity contribution is 0.111. The second-order valence-electron chi connectivity index (χ2n) is 3.39. The van der Waals surface area contributed by atoms with Crippen LogP contribution < -0.4 is 5.32 Å². The highest BCUT2D eigenvalue weighted by molar-refractivity contribution is 5.89. The highest BCUT2D eigenvalue weighted by Crippen LogP contribution is 2.12. The summed E-state index contributed by atoms with van der Waals surface area (Å²) in [6, 6.07) is 1.05. The zero-order chi connectivity index (χ0) is 12.1. The van der Waals surface area contributed by atoms with Gasteiger partial charge in [-0.1, -0.05) is 0 Å². The highest BCUT2D eigenvalue weighted by Gasteiger charge is 2.14. The van der Waals surface area contributed by atoms with E-state index in [9.17, 15) is 13.6 Å². The Morgan fingerprint density at radius 2 is 2.31 bits per heavy atom. The van der Waals surface area contributed by atoms with Crippen LogP contribution in [-0.2, 0) is 0 Å². The Kier molecular flexibility index (Phi) is 4.16. The Morgan fingerprint density at radius 1 is 1.62 bits per heavy atom. The van der Waals surface area contributed by atoms with E-state index in [0.717, 1.165) is 10.5 Å². The largest absolute Gasteiger partial charge is 0.322 e. The van der Waals surface area contributed by atoms with E-state index in [2.05, 4.69) is 10.3 Å². The molecular weight excluding hydrogens is 216 g/mol. The maximum atomic E-state index is 12.0. The van der Waals surface area contributed by atoms with E-state index in [0.29, 0.717) is 5.69 Å². The smallest absolute Gasteiger partial charge is 0.321 e. The minimum Gasteiger partial charge on any atom is -0.322 e. The van der Waals surface area contributed by atoms with Gasteiger partial charge in [0.2, 0.25) is 0 Å². The van der Waals surface area contributed by atoms with Crippen LogP contribution in [-0.4, -0.2) is 35.9 Å². The number of aryl methyl sites for hydroxylation is 1. The number of carbonyl (C=O) groups excluding carboxylic acids is 1. The van der Waals surface area contributed by atoms with Gasteiger partial charge in [-0.25, -0.2) is 13.6 Å². The number of pyridine rings is 1. The first kappa shape index (κ1) is 12.4. The fourth-order valence-corrected chi connectivity index (χ4v) is 1.11. The number of anilines is 1. The monoisotopic (exact) mass is 229 g/mol. The molecule has 0 bridgehead atoms. The SMILES string of the molecule is Cc1cnccc1NC(=O)N(C)CC(F)F. The van der Waals surface area contributed by atoms with Crippen molar-refractivity contribution in [2.75, 3.05) is 18.9 Å². The van der Waals surface area contributed by atoms with E-state index in [4.69, 9.17) is 0 Å². The molecule has 1 N–H and O–H groups in total. The molecule has 0 unspecified atom stereocenters. The Labute approximate surface area is 92.3 Å². The van der Waals surface area contributed by atoms with Crippen molar-refractivity contribution < 1.29 is 13.6 Å². The standard InChI is InChI=1S/C10H13F2N3O/c1-7-5-13-4-3-8(7)14-10(16)15(2)6-9(11)12/h3-5,9H,6H2,1-2H3,(H,13,14,16). The summed E-state index contributed by atoms with van der Waals surface area (Å²) < 4.78 is 24.1. The number of halogens is 2. The van der Waals surface area contributed by atoms with Gasteiger partial charge in [-0.3, -0.25) is 4.98 Å². The van der Waals surface area contributed by atoms with Crippen molar-refractivity contribution in [3.8, 4) is 0 Å². The molecule has 1 aromatic heterocycles. The van der Waals surface area contributed by atoms with Gasteiger partial charge < -0.3 is 10.2 Å². The molecule has 1 heterocycles. The van der Waals surface area contributed by atoms with Gasteiger partial charge in [0.15, 0.2) is 0 Å². The average Bonchev–Trinajstić information content (AvgIpc) is 2.20. The molecule has 4 nitrogen and oxygen atoms in total. The Balaban J connectivity index is 2.61. The van der Waals surface area contributed by atoms with E-state index in [-0.39, 0.29) is 0 Å². The number of alkyl halides is 2. The van der Waals surface area contributed by atoms with Crippen LogP contribution in [0.5, 0.6) is 0 Å². The van der Waals surface area contributed by atoms with Crippen LogP contribution in [0, 0.1) is 6.92 Å². The third kappa shape index (κ3) is 3.45. The fraction of sp³-hybridized carbons (Fsp3) is 0.400. The molecule has 0 aliphatic rings. The Hall–Kier alpha value is -1.72. The molecule has 88 valence electrons. The normalized spacial score (nSPS) is 10.3. The van der Waals surface area contributed by atoms with Crippen LogP contribution in [0.25, 0.3) is 0 Å². The number of hydrogen-bond donors (Lipinski definition) is 1. The molecule has 0 saturated heterocycles. The second-order valence-corrected chi connectivity index (χ2v) is 3.39.